The lowest BCUT2D eigenvalue weighted by molar-refractivity contribution is 0.141. The summed E-state index contributed by atoms with van der Waals surface area (Å²) in [5.41, 5.74) is 9.42. The first-order valence-electron chi connectivity index (χ1n) is 44.7. The van der Waals surface area contributed by atoms with Crippen molar-refractivity contribution in [1.82, 2.24) is 120 Å². The van der Waals surface area contributed by atoms with Crippen LogP contribution < -0.4 is 50.9 Å². The topological polar surface area (TPSA) is 401 Å². The van der Waals surface area contributed by atoms with E-state index in [0.717, 1.165) is 208 Å². The Kier molecular flexibility index (Phi) is 27.0. The number of sulfonamides is 1. The Bertz CT molecular complexity index is 5390. The maximum atomic E-state index is 11.9. The van der Waals surface area contributed by atoms with Crippen molar-refractivity contribution in [1.29, 1.82) is 0 Å². The molecule has 21 rings (SSSR count). The summed E-state index contributed by atoms with van der Waals surface area (Å²) in [5.74, 6) is 15.2. The Morgan fingerprint density at radius 1 is 0.382 bits per heavy atom. The smallest absolute Gasteiger partial charge is 0.249 e. The molecule has 5 aliphatic carbocycles. The van der Waals surface area contributed by atoms with Gasteiger partial charge in [-0.1, -0.05) is 27.2 Å². The molecule has 11 aromatic heterocycles. The summed E-state index contributed by atoms with van der Waals surface area (Å²) in [7, 11) is 2.22. The Hall–Kier alpha value is -10.9. The maximum absolute atomic E-state index is 11.9. The molecule has 0 unspecified atom stereocenters. The lowest BCUT2D eigenvalue weighted by Gasteiger charge is -2.40. The predicted molar refractivity (Wildman–Crippen MR) is 496 cm³/mol. The maximum Gasteiger partial charge on any atom is 0.249 e. The van der Waals surface area contributed by atoms with E-state index in [-0.39, 0.29) is 12.8 Å². The highest BCUT2D eigenvalue weighted by Gasteiger charge is 2.33. The highest BCUT2D eigenvalue weighted by Crippen LogP contribution is 2.44. The van der Waals surface area contributed by atoms with Gasteiger partial charge in [0.25, 0.3) is 0 Å². The molecule has 0 radical (unpaired) electrons. The second-order valence-corrected chi connectivity index (χ2v) is 37.2. The lowest BCUT2D eigenvalue weighted by Crippen LogP contribution is -2.47. The molecule has 11 N–H and O–H groups in total. The van der Waals surface area contributed by atoms with E-state index in [1.807, 2.05) is 30.7 Å². The van der Waals surface area contributed by atoms with Gasteiger partial charge in [-0.15, -0.1) is 11.3 Å². The number of aromatic nitrogens is 20. The van der Waals surface area contributed by atoms with Crippen LogP contribution >= 0.6 is 11.3 Å². The second-order valence-electron chi connectivity index (χ2n) is 34.0. The normalized spacial score (nSPS) is 18.6. The van der Waals surface area contributed by atoms with Gasteiger partial charge in [0, 0.05) is 229 Å². The molecule has 5 aliphatic heterocycles. The fourth-order valence-corrected chi connectivity index (χ4v) is 18.1. The molecule has 123 heavy (non-hydrogen) atoms. The Labute approximate surface area is 732 Å². The van der Waals surface area contributed by atoms with Gasteiger partial charge in [-0.3, -0.25) is 25.5 Å². The van der Waals surface area contributed by atoms with Crippen LogP contribution in [0.2, 0.25) is 0 Å². The molecule has 11 aromatic rings. The summed E-state index contributed by atoms with van der Waals surface area (Å²) in [5, 5.41) is 53.9. The van der Waals surface area contributed by atoms with Crippen LogP contribution in [0.5, 0.6) is 0 Å². The van der Waals surface area contributed by atoms with Gasteiger partial charge in [0.1, 0.15) is 33.3 Å². The SMILES string of the molecule is CCc1cnc(N2CCC(N3CCCCC3)CC2)nc1Nc1cc(C2CC2)[nH]n1.CCc1cnc(N2CCCCC2)nc1Nc1cc(C2CC2)[nH]n1.CCc1cnc(N2CCN(C)CC2)nc1Nc1cc(C2CC2)[nH]n1.CN1CCN(c2nccc(Nc3cc(C4CC4)[nH]n3)n2)CC1.CNS(=O)(=O)c1ccc(-c2nccc(Nc3cc(C4CC4)[nH]n3)n2)s1.[HH].[HH].[HH].[HH].[HH].[HH]. The average Bonchev–Trinajstić information content (AvgIpc) is 1.81. The molecule has 0 atom stereocenters. The number of likely N-dealkylation sites (tertiary alicyclic amines) is 1. The van der Waals surface area contributed by atoms with Gasteiger partial charge in [-0.2, -0.15) is 45.4 Å². The summed E-state index contributed by atoms with van der Waals surface area (Å²) in [4.78, 5) is 63.2. The van der Waals surface area contributed by atoms with Crippen LogP contribution in [-0.4, -0.2) is 243 Å². The predicted octanol–water partition coefficient (Wildman–Crippen LogP) is 14.9. The van der Waals surface area contributed by atoms with Gasteiger partial charge in [0.2, 0.25) is 33.8 Å². The number of thiophene rings is 1. The molecule has 0 amide bonds. The van der Waals surface area contributed by atoms with Crippen LogP contribution in [0.25, 0.3) is 10.7 Å². The number of rotatable bonds is 26. The zero-order chi connectivity index (χ0) is 84.2. The Balaban J connectivity index is 0.000000155. The van der Waals surface area contributed by atoms with Crippen molar-refractivity contribution >= 4 is 103 Å². The average molecular weight is 1720 g/mol. The molecule has 0 bridgehead atoms. The van der Waals surface area contributed by atoms with Gasteiger partial charge in [-0.25, -0.2) is 43.0 Å². The third-order valence-electron chi connectivity index (χ3n) is 24.5. The summed E-state index contributed by atoms with van der Waals surface area (Å²) < 4.78 is 26.2. The van der Waals surface area contributed by atoms with Gasteiger partial charge < -0.3 is 60.9 Å². The van der Waals surface area contributed by atoms with E-state index in [2.05, 4.69) is 211 Å². The van der Waals surface area contributed by atoms with Gasteiger partial charge in [0.05, 0.1) is 4.88 Å². The molecule has 37 heteroatoms. The fourth-order valence-electron chi connectivity index (χ4n) is 16.0. The van der Waals surface area contributed by atoms with Gasteiger partial charge >= 0.3 is 0 Å². The largest absolute Gasteiger partial charge is 0.341 e. The van der Waals surface area contributed by atoms with Crippen molar-refractivity contribution in [3.63, 3.8) is 0 Å². The monoisotopic (exact) mass is 1720 g/mol. The molecular formula is C86H131N33O2S2. The van der Waals surface area contributed by atoms with Crippen molar-refractivity contribution in [3.05, 3.63) is 131 Å². The first kappa shape index (κ1) is 84.4. The number of aryl methyl sites for hydroxylation is 3. The Morgan fingerprint density at radius 2 is 0.732 bits per heavy atom. The van der Waals surface area contributed by atoms with Crippen LogP contribution in [0.3, 0.4) is 0 Å². The molecule has 10 fully saturated rings. The van der Waals surface area contributed by atoms with Crippen LogP contribution in [-0.2, 0) is 29.3 Å². The quantitative estimate of drug-likeness (QED) is 0.0240. The molecular weight excluding hydrogens is 1590 g/mol. The highest BCUT2D eigenvalue weighted by atomic mass is 32.2. The van der Waals surface area contributed by atoms with E-state index >= 15 is 0 Å². The summed E-state index contributed by atoms with van der Waals surface area (Å²) in [6.45, 7) is 21.2. The van der Waals surface area contributed by atoms with Crippen molar-refractivity contribution < 1.29 is 17.0 Å². The number of nitrogens with zero attached hydrogens (tertiary/aromatic N) is 22. The van der Waals surface area contributed by atoms with Gasteiger partial charge in [-0.05, 0) is 187 Å². The zero-order valence-electron chi connectivity index (χ0n) is 71.8. The van der Waals surface area contributed by atoms with E-state index < -0.39 is 10.0 Å². The van der Waals surface area contributed by atoms with E-state index in [9.17, 15) is 8.42 Å². The first-order chi connectivity index (χ1) is 60.2. The summed E-state index contributed by atoms with van der Waals surface area (Å²) in [6, 6.07) is 18.0. The van der Waals surface area contributed by atoms with Crippen LogP contribution in [0.4, 0.5) is 82.0 Å². The molecule has 664 valence electrons. The number of hydrogen-bond acceptors (Lipinski definition) is 30. The first-order valence-corrected chi connectivity index (χ1v) is 47.0. The van der Waals surface area contributed by atoms with E-state index in [4.69, 9.17) is 15.0 Å². The number of anilines is 14. The number of likely N-dealkylation sites (N-methyl/N-ethyl adjacent to an activating group) is 2. The standard InChI is InChI=1S/C22H33N7.C17H25N7.C17H24N6.C15H21N7.C15H16N6O2S2.6H2/c1-2-16-15-23-22(25-21(16)24-20-14-19(26-27-20)17-6-7-17)29-12-8-18(9-13-29)28-10-4-3-5-11-28;1-3-12-11-18-17(24-8-6-23(2)7-9-24)20-16(12)19-15-10-14(21-22-15)13-4-5-13;1-2-12-11-18-17(23-8-4-3-5-9-23)20-16(12)19-15-10-14(21-22-15)13-6-7-13;1-21-6-8-22(9-7-21)15-16-5-4-13(18-15)17-14-10-12(19-20-14)11-2-3-11;1-16-25(22,23)14-5-4-11(24-14)15-17-7-6-12(19-15)18-13-8-10(20-21-13)9-2-3-9;;;;;;/h14-15,17-18H,2-13H2,1H3,(H2,23,24,25,26,27);10-11,13H,3-9H2,1-2H3,(H2,18,19,20,21,22);10-11,13H,2-9H2,1H3,(H2,18,19,20,21,22);4-5,10-11H,2-3,6-9H2,1H3,(H2,16,17,18,19,20);4-9,16H,2-3H2,1H3,(H2,17,18,19,20,21);6*1H. The minimum atomic E-state index is -3.46. The number of aromatic amines is 5. The number of piperazine rings is 2. The molecule has 5 saturated heterocycles. The Morgan fingerprint density at radius 3 is 1.11 bits per heavy atom. The number of piperidine rings is 3. The third-order valence-corrected chi connectivity index (χ3v) is 27.5. The van der Waals surface area contributed by atoms with E-state index in [1.165, 1.54) is 158 Å². The lowest BCUT2D eigenvalue weighted by atomic mass is 10.00. The second kappa shape index (κ2) is 39.3. The minimum absolute atomic E-state index is 0. The van der Waals surface area contributed by atoms with E-state index in [1.54, 1.807) is 30.6 Å². The van der Waals surface area contributed by atoms with Crippen molar-refractivity contribution in [2.45, 2.75) is 195 Å². The summed E-state index contributed by atoms with van der Waals surface area (Å²) in [6.07, 6.45) is 34.9. The molecule has 0 aromatic carbocycles. The number of H-pyrrole nitrogens is 5. The molecule has 10 aliphatic rings. The van der Waals surface area contributed by atoms with Crippen molar-refractivity contribution in [2.24, 2.45) is 0 Å². The molecule has 16 heterocycles. The minimum Gasteiger partial charge on any atom is -0.341 e. The highest BCUT2D eigenvalue weighted by molar-refractivity contribution is 7.91. The third kappa shape index (κ3) is 22.6. The fraction of sp³-hybridized carbons (Fsp3) is 0.547. The zero-order valence-corrected chi connectivity index (χ0v) is 73.4. The number of nitrogens with one attached hydrogen (secondary N) is 11. The number of hydrogen-bond donors (Lipinski definition) is 11. The van der Waals surface area contributed by atoms with Crippen LogP contribution in [0.1, 0.15) is 220 Å². The molecule has 35 nitrogen and oxygen atoms in total. The van der Waals surface area contributed by atoms with Crippen molar-refractivity contribution in [3.8, 4) is 10.7 Å². The van der Waals surface area contributed by atoms with Gasteiger partial charge in [0.15, 0.2) is 34.9 Å². The van der Waals surface area contributed by atoms with Crippen LogP contribution in [0.15, 0.2) is 89.8 Å². The van der Waals surface area contributed by atoms with Crippen molar-refractivity contribution in [2.75, 3.05) is 159 Å². The molecule has 0 spiro atoms. The molecule has 5 saturated carbocycles. The van der Waals surface area contributed by atoms with E-state index in [0.29, 0.717) is 51.9 Å². The van der Waals surface area contributed by atoms with Crippen LogP contribution in [0, 0.1) is 0 Å². The summed E-state index contributed by atoms with van der Waals surface area (Å²) >= 11 is 1.12.